The molecule has 0 fully saturated rings. The summed E-state index contributed by atoms with van der Waals surface area (Å²) in [5.74, 6) is -0.506. The minimum Gasteiger partial charge on any atom is -0.462 e. The van der Waals surface area contributed by atoms with Crippen molar-refractivity contribution in [1.82, 2.24) is 5.32 Å². The number of ether oxygens (including phenoxy) is 1. The van der Waals surface area contributed by atoms with Crippen molar-refractivity contribution in [2.75, 3.05) is 6.61 Å². The molecule has 0 aromatic carbocycles. The second-order valence-corrected chi connectivity index (χ2v) is 18.3. The van der Waals surface area contributed by atoms with E-state index in [1.807, 2.05) is 0 Å². The van der Waals surface area contributed by atoms with Crippen LogP contribution in [-0.2, 0) is 14.3 Å². The molecule has 3 N–H and O–H groups in total. The molecule has 0 aromatic rings. The minimum absolute atomic E-state index is 0.0596. The number of carbonyl (C=O) groups is 2. The predicted octanol–water partition coefficient (Wildman–Crippen LogP) is 16.2. The van der Waals surface area contributed by atoms with E-state index in [4.69, 9.17) is 4.74 Å². The van der Waals surface area contributed by atoms with E-state index in [2.05, 4.69) is 74.7 Å². The highest BCUT2D eigenvalue weighted by atomic mass is 16.5. The smallest absolute Gasteiger partial charge is 0.306 e. The van der Waals surface area contributed by atoms with Crippen LogP contribution in [0, 0.1) is 0 Å². The fourth-order valence-corrected chi connectivity index (χ4v) is 8.13. The van der Waals surface area contributed by atoms with Crippen molar-refractivity contribution in [3.63, 3.8) is 0 Å². The summed E-state index contributed by atoms with van der Waals surface area (Å²) in [6.07, 6.45) is 60.3. The Morgan fingerprint density at radius 2 is 0.887 bits per heavy atom. The third kappa shape index (κ3) is 44.4. The van der Waals surface area contributed by atoms with Crippen molar-refractivity contribution in [3.05, 3.63) is 48.6 Å². The molecule has 62 heavy (non-hydrogen) atoms. The van der Waals surface area contributed by atoms with Gasteiger partial charge in [-0.15, -0.1) is 0 Å². The summed E-state index contributed by atoms with van der Waals surface area (Å²) in [5, 5.41) is 23.8. The van der Waals surface area contributed by atoms with Crippen LogP contribution in [0.4, 0.5) is 0 Å². The Balaban J connectivity index is 4.61. The molecule has 0 bridgehead atoms. The molecule has 0 rings (SSSR count). The van der Waals surface area contributed by atoms with E-state index in [9.17, 15) is 19.8 Å². The van der Waals surface area contributed by atoms with Crippen molar-refractivity contribution < 1.29 is 24.5 Å². The maximum atomic E-state index is 13.2. The quantitative estimate of drug-likeness (QED) is 0.0245. The van der Waals surface area contributed by atoms with E-state index in [0.717, 1.165) is 89.9 Å². The first kappa shape index (κ1) is 59.8. The van der Waals surface area contributed by atoms with Crippen LogP contribution >= 0.6 is 0 Å². The molecule has 0 aliphatic carbocycles. The Hall–Kier alpha value is -2.18. The first-order valence-electron chi connectivity index (χ1n) is 26.9. The van der Waals surface area contributed by atoms with Gasteiger partial charge in [0.1, 0.15) is 6.10 Å². The normalized spacial score (nSPS) is 13.6. The highest BCUT2D eigenvalue weighted by Gasteiger charge is 2.24. The zero-order chi connectivity index (χ0) is 45.2. The maximum Gasteiger partial charge on any atom is 0.306 e. The van der Waals surface area contributed by atoms with Gasteiger partial charge in [-0.05, 0) is 70.6 Å². The highest BCUT2D eigenvalue weighted by molar-refractivity contribution is 5.77. The van der Waals surface area contributed by atoms with Crippen LogP contribution in [0.25, 0.3) is 0 Å². The van der Waals surface area contributed by atoms with Crippen LogP contribution in [0.15, 0.2) is 48.6 Å². The Kier molecular flexibility index (Phi) is 48.1. The van der Waals surface area contributed by atoms with Crippen molar-refractivity contribution in [2.24, 2.45) is 0 Å². The number of hydrogen-bond acceptors (Lipinski definition) is 5. The number of nitrogens with one attached hydrogen (secondary N) is 1. The molecule has 1 amide bonds. The second-order valence-electron chi connectivity index (χ2n) is 18.3. The number of aliphatic hydroxyl groups excluding tert-OH is 2. The van der Waals surface area contributed by atoms with Crippen LogP contribution in [0.5, 0.6) is 0 Å². The SMILES string of the molecule is CC/C=C/C=C/C=C\CCCCCCCC(=O)OC(CCCCC/C=C/CCCCCCCCCCC)CC(=O)NC(CO)C(O)CCCCCCCCCCCCCCCC. The van der Waals surface area contributed by atoms with Crippen LogP contribution < -0.4 is 5.32 Å². The monoisotopic (exact) mass is 870 g/mol. The number of carbonyl (C=O) groups excluding carboxylic acids is 2. The molecular formula is C56H103NO5. The Morgan fingerprint density at radius 1 is 0.484 bits per heavy atom. The largest absolute Gasteiger partial charge is 0.462 e. The van der Waals surface area contributed by atoms with Gasteiger partial charge in [0.05, 0.1) is 25.2 Å². The maximum absolute atomic E-state index is 13.2. The lowest BCUT2D eigenvalue weighted by Crippen LogP contribution is -2.46. The van der Waals surface area contributed by atoms with Gasteiger partial charge in [0.2, 0.25) is 5.91 Å². The molecule has 0 aliphatic heterocycles. The van der Waals surface area contributed by atoms with Gasteiger partial charge in [0.25, 0.3) is 0 Å². The lowest BCUT2D eigenvalue weighted by molar-refractivity contribution is -0.151. The van der Waals surface area contributed by atoms with Gasteiger partial charge in [-0.25, -0.2) is 0 Å². The molecule has 3 unspecified atom stereocenters. The van der Waals surface area contributed by atoms with Crippen LogP contribution in [-0.4, -0.2) is 46.9 Å². The third-order valence-corrected chi connectivity index (χ3v) is 12.2. The van der Waals surface area contributed by atoms with Crippen molar-refractivity contribution in [2.45, 2.75) is 289 Å². The minimum atomic E-state index is -0.795. The van der Waals surface area contributed by atoms with Crippen LogP contribution in [0.1, 0.15) is 271 Å². The van der Waals surface area contributed by atoms with Crippen molar-refractivity contribution >= 4 is 11.9 Å². The molecule has 0 saturated carbocycles. The fraction of sp³-hybridized carbons (Fsp3) is 0.821. The zero-order valence-electron chi connectivity index (χ0n) is 41.3. The van der Waals surface area contributed by atoms with E-state index >= 15 is 0 Å². The number of esters is 1. The zero-order valence-corrected chi connectivity index (χ0v) is 41.3. The van der Waals surface area contributed by atoms with E-state index in [-0.39, 0.29) is 24.9 Å². The molecule has 3 atom stereocenters. The molecule has 6 heteroatoms. The number of unbranched alkanes of at least 4 members (excludes halogenated alkanes) is 30. The summed E-state index contributed by atoms with van der Waals surface area (Å²) in [7, 11) is 0. The van der Waals surface area contributed by atoms with Crippen LogP contribution in [0.2, 0.25) is 0 Å². The molecule has 0 aromatic heterocycles. The molecule has 6 nitrogen and oxygen atoms in total. The summed E-state index contributed by atoms with van der Waals surface area (Å²) < 4.78 is 5.93. The van der Waals surface area contributed by atoms with E-state index in [0.29, 0.717) is 19.3 Å². The topological polar surface area (TPSA) is 95.9 Å². The first-order valence-corrected chi connectivity index (χ1v) is 26.9. The lowest BCUT2D eigenvalue weighted by Gasteiger charge is -2.24. The van der Waals surface area contributed by atoms with Gasteiger partial charge in [0.15, 0.2) is 0 Å². The highest BCUT2D eigenvalue weighted by Crippen LogP contribution is 2.18. The Labute approximate surface area is 385 Å². The molecule has 0 radical (unpaired) electrons. The summed E-state index contributed by atoms with van der Waals surface area (Å²) >= 11 is 0. The third-order valence-electron chi connectivity index (χ3n) is 12.2. The van der Waals surface area contributed by atoms with Crippen molar-refractivity contribution in [1.29, 1.82) is 0 Å². The number of rotatable bonds is 48. The number of amides is 1. The molecular weight excluding hydrogens is 767 g/mol. The lowest BCUT2D eigenvalue weighted by atomic mass is 10.0. The van der Waals surface area contributed by atoms with Crippen molar-refractivity contribution in [3.8, 4) is 0 Å². The van der Waals surface area contributed by atoms with Gasteiger partial charge >= 0.3 is 5.97 Å². The van der Waals surface area contributed by atoms with Gasteiger partial charge in [0, 0.05) is 6.42 Å². The Bertz CT molecular complexity index is 1070. The number of hydrogen-bond donors (Lipinski definition) is 3. The van der Waals surface area contributed by atoms with Crippen LogP contribution in [0.3, 0.4) is 0 Å². The molecule has 0 spiro atoms. The molecule has 0 heterocycles. The number of aliphatic hydroxyl groups is 2. The summed E-state index contributed by atoms with van der Waals surface area (Å²) in [4.78, 5) is 26.2. The van der Waals surface area contributed by atoms with E-state index < -0.39 is 18.2 Å². The van der Waals surface area contributed by atoms with Gasteiger partial charge in [-0.3, -0.25) is 9.59 Å². The standard InChI is InChI=1S/C56H103NO5/c1-4-7-10-13-16-19-22-25-27-28-30-32-35-38-41-44-47-52(62-56(61)49-46-43-40-37-34-29-24-21-18-15-12-9-6-3)50-55(60)57-53(51-58)54(59)48-45-42-39-36-33-31-26-23-20-17-14-11-8-5-2/h9,12,15,18,21,24,30,32,52-54,58-59H,4-8,10-11,13-14,16-17,19-20,22-23,25-29,31,33-51H2,1-3H3,(H,57,60)/b12-9+,18-15+,24-21-,32-30+. The molecule has 362 valence electrons. The van der Waals surface area contributed by atoms with Gasteiger partial charge in [-0.1, -0.05) is 236 Å². The van der Waals surface area contributed by atoms with Gasteiger partial charge in [-0.2, -0.15) is 0 Å². The molecule has 0 aliphatic rings. The average molecular weight is 870 g/mol. The average Bonchev–Trinajstić information content (AvgIpc) is 3.26. The Morgan fingerprint density at radius 3 is 1.37 bits per heavy atom. The number of allylic oxidation sites excluding steroid dienone is 8. The fourth-order valence-electron chi connectivity index (χ4n) is 8.13. The van der Waals surface area contributed by atoms with Gasteiger partial charge < -0.3 is 20.3 Å². The summed E-state index contributed by atoms with van der Waals surface area (Å²) in [6, 6.07) is -0.710. The second kappa shape index (κ2) is 49.8. The summed E-state index contributed by atoms with van der Waals surface area (Å²) in [6.45, 7) is 6.36. The predicted molar refractivity (Wildman–Crippen MR) is 269 cm³/mol. The first-order chi connectivity index (χ1) is 30.5. The molecule has 0 saturated heterocycles. The van der Waals surface area contributed by atoms with E-state index in [1.54, 1.807) is 0 Å². The van der Waals surface area contributed by atoms with E-state index in [1.165, 1.54) is 135 Å². The summed E-state index contributed by atoms with van der Waals surface area (Å²) in [5.41, 5.74) is 0.